The standard InChI is InChI=1S/C20H19NO2/c1-14-6-4-7-15(12-14)19-18(22-2)10-9-17(20(19)23-3)16-8-5-11-21-13-16/h4-13H,1-3H3. The number of nitrogens with zero attached hydrogens (tertiary/aromatic N) is 1. The van der Waals surface area contributed by atoms with Crippen molar-refractivity contribution in [2.75, 3.05) is 14.2 Å². The zero-order valence-corrected chi connectivity index (χ0v) is 13.5. The fourth-order valence-corrected chi connectivity index (χ4v) is 2.77. The number of rotatable bonds is 4. The predicted octanol–water partition coefficient (Wildman–Crippen LogP) is 4.74. The third-order valence-corrected chi connectivity index (χ3v) is 3.82. The molecular weight excluding hydrogens is 286 g/mol. The van der Waals surface area contributed by atoms with Gasteiger partial charge in [0.1, 0.15) is 11.5 Å². The molecule has 0 saturated heterocycles. The molecule has 23 heavy (non-hydrogen) atoms. The second-order valence-corrected chi connectivity index (χ2v) is 5.33. The van der Waals surface area contributed by atoms with Crippen LogP contribution in [0, 0.1) is 6.92 Å². The summed E-state index contributed by atoms with van der Waals surface area (Å²) in [6.45, 7) is 2.08. The molecule has 0 bridgehead atoms. The lowest BCUT2D eigenvalue weighted by Gasteiger charge is -2.17. The van der Waals surface area contributed by atoms with Crippen molar-refractivity contribution in [2.45, 2.75) is 6.92 Å². The Bertz CT molecular complexity index is 813. The summed E-state index contributed by atoms with van der Waals surface area (Å²) in [5.74, 6) is 1.59. The van der Waals surface area contributed by atoms with Gasteiger partial charge in [0.15, 0.2) is 0 Å². The first-order valence-corrected chi connectivity index (χ1v) is 7.47. The van der Waals surface area contributed by atoms with Gasteiger partial charge < -0.3 is 9.47 Å². The number of aryl methyl sites for hydroxylation is 1. The van der Waals surface area contributed by atoms with E-state index in [1.54, 1.807) is 20.4 Å². The minimum absolute atomic E-state index is 0.792. The first kappa shape index (κ1) is 15.1. The SMILES string of the molecule is COc1ccc(-c2cccnc2)c(OC)c1-c1cccc(C)c1. The van der Waals surface area contributed by atoms with E-state index in [0.717, 1.165) is 33.8 Å². The first-order chi connectivity index (χ1) is 11.2. The molecule has 3 nitrogen and oxygen atoms in total. The van der Waals surface area contributed by atoms with Gasteiger partial charge in [0, 0.05) is 23.5 Å². The van der Waals surface area contributed by atoms with E-state index in [1.807, 2.05) is 36.5 Å². The number of methoxy groups -OCH3 is 2. The highest BCUT2D eigenvalue weighted by atomic mass is 16.5. The van der Waals surface area contributed by atoms with Gasteiger partial charge in [0.05, 0.1) is 19.8 Å². The molecule has 0 radical (unpaired) electrons. The van der Waals surface area contributed by atoms with Crippen LogP contribution in [-0.2, 0) is 0 Å². The van der Waals surface area contributed by atoms with Gasteiger partial charge in [0.25, 0.3) is 0 Å². The van der Waals surface area contributed by atoms with E-state index in [-0.39, 0.29) is 0 Å². The Morgan fingerprint density at radius 1 is 0.870 bits per heavy atom. The molecule has 0 fully saturated rings. The van der Waals surface area contributed by atoms with E-state index in [4.69, 9.17) is 9.47 Å². The fourth-order valence-electron chi connectivity index (χ4n) is 2.77. The van der Waals surface area contributed by atoms with Crippen molar-refractivity contribution in [3.63, 3.8) is 0 Å². The van der Waals surface area contributed by atoms with Crippen LogP contribution in [0.15, 0.2) is 60.9 Å². The highest BCUT2D eigenvalue weighted by molar-refractivity contribution is 5.86. The Kier molecular flexibility index (Phi) is 4.29. The number of benzene rings is 2. The molecule has 2 aromatic carbocycles. The van der Waals surface area contributed by atoms with Crippen molar-refractivity contribution in [3.8, 4) is 33.8 Å². The summed E-state index contributed by atoms with van der Waals surface area (Å²) in [4.78, 5) is 4.21. The maximum atomic E-state index is 5.76. The van der Waals surface area contributed by atoms with Gasteiger partial charge >= 0.3 is 0 Å². The third kappa shape index (κ3) is 2.90. The van der Waals surface area contributed by atoms with Gasteiger partial charge in [0.2, 0.25) is 0 Å². The monoisotopic (exact) mass is 305 g/mol. The maximum Gasteiger partial charge on any atom is 0.138 e. The average Bonchev–Trinajstić information content (AvgIpc) is 2.61. The molecule has 3 heteroatoms. The number of ether oxygens (including phenoxy) is 2. The summed E-state index contributed by atoms with van der Waals surface area (Å²) < 4.78 is 11.3. The molecule has 0 aliphatic carbocycles. The number of pyridine rings is 1. The molecule has 0 aliphatic heterocycles. The summed E-state index contributed by atoms with van der Waals surface area (Å²) in [7, 11) is 3.37. The van der Waals surface area contributed by atoms with Crippen LogP contribution in [0.2, 0.25) is 0 Å². The molecule has 0 unspecified atom stereocenters. The molecule has 0 saturated carbocycles. The van der Waals surface area contributed by atoms with Gasteiger partial charge in [-0.1, -0.05) is 35.9 Å². The van der Waals surface area contributed by atoms with E-state index in [9.17, 15) is 0 Å². The average molecular weight is 305 g/mol. The van der Waals surface area contributed by atoms with E-state index >= 15 is 0 Å². The Hall–Kier alpha value is -2.81. The number of hydrogen-bond acceptors (Lipinski definition) is 3. The van der Waals surface area contributed by atoms with Gasteiger partial charge in [-0.3, -0.25) is 4.98 Å². The molecule has 1 aromatic heterocycles. The highest BCUT2D eigenvalue weighted by Crippen LogP contribution is 2.44. The minimum Gasteiger partial charge on any atom is -0.496 e. The Labute approximate surface area is 136 Å². The molecular formula is C20H19NO2. The molecule has 1 heterocycles. The molecule has 0 aliphatic rings. The van der Waals surface area contributed by atoms with Crippen LogP contribution < -0.4 is 9.47 Å². The van der Waals surface area contributed by atoms with Crippen LogP contribution in [0.1, 0.15) is 5.56 Å². The largest absolute Gasteiger partial charge is 0.496 e. The molecule has 3 rings (SSSR count). The lowest BCUT2D eigenvalue weighted by atomic mass is 9.96. The lowest BCUT2D eigenvalue weighted by Crippen LogP contribution is -1.96. The van der Waals surface area contributed by atoms with Crippen LogP contribution in [0.4, 0.5) is 0 Å². The van der Waals surface area contributed by atoms with Gasteiger partial charge in [-0.15, -0.1) is 0 Å². The smallest absolute Gasteiger partial charge is 0.138 e. The summed E-state index contributed by atoms with van der Waals surface area (Å²) in [6, 6.07) is 16.3. The zero-order chi connectivity index (χ0) is 16.2. The van der Waals surface area contributed by atoms with Crippen LogP contribution in [0.3, 0.4) is 0 Å². The van der Waals surface area contributed by atoms with Gasteiger partial charge in [-0.2, -0.15) is 0 Å². The fraction of sp³-hybridized carbons (Fsp3) is 0.150. The lowest BCUT2D eigenvalue weighted by molar-refractivity contribution is 0.398. The van der Waals surface area contributed by atoms with Crippen molar-refractivity contribution in [2.24, 2.45) is 0 Å². The van der Waals surface area contributed by atoms with Crippen LogP contribution in [0.5, 0.6) is 11.5 Å². The Morgan fingerprint density at radius 2 is 1.70 bits per heavy atom. The Morgan fingerprint density at radius 3 is 2.35 bits per heavy atom. The van der Waals surface area contributed by atoms with E-state index in [2.05, 4.69) is 30.1 Å². The molecule has 0 N–H and O–H groups in total. The van der Waals surface area contributed by atoms with E-state index < -0.39 is 0 Å². The quantitative estimate of drug-likeness (QED) is 0.697. The topological polar surface area (TPSA) is 31.4 Å². The Balaban J connectivity index is 2.28. The summed E-state index contributed by atoms with van der Waals surface area (Å²) in [5.41, 5.74) is 5.24. The third-order valence-electron chi connectivity index (χ3n) is 3.82. The van der Waals surface area contributed by atoms with E-state index in [0.29, 0.717) is 0 Å². The summed E-state index contributed by atoms with van der Waals surface area (Å²) >= 11 is 0. The molecule has 0 amide bonds. The van der Waals surface area contributed by atoms with Crippen LogP contribution in [-0.4, -0.2) is 19.2 Å². The molecule has 0 spiro atoms. The van der Waals surface area contributed by atoms with Gasteiger partial charge in [-0.05, 0) is 30.7 Å². The summed E-state index contributed by atoms with van der Waals surface area (Å²) in [5, 5.41) is 0. The van der Waals surface area contributed by atoms with Gasteiger partial charge in [-0.25, -0.2) is 0 Å². The highest BCUT2D eigenvalue weighted by Gasteiger charge is 2.18. The van der Waals surface area contributed by atoms with Crippen molar-refractivity contribution < 1.29 is 9.47 Å². The molecule has 0 atom stereocenters. The molecule has 3 aromatic rings. The van der Waals surface area contributed by atoms with Crippen molar-refractivity contribution >= 4 is 0 Å². The summed E-state index contributed by atoms with van der Waals surface area (Å²) in [6.07, 6.45) is 3.60. The zero-order valence-electron chi connectivity index (χ0n) is 13.5. The second-order valence-electron chi connectivity index (χ2n) is 5.33. The number of hydrogen-bond donors (Lipinski definition) is 0. The van der Waals surface area contributed by atoms with E-state index in [1.165, 1.54) is 5.56 Å². The second kappa shape index (κ2) is 6.53. The van der Waals surface area contributed by atoms with Crippen molar-refractivity contribution in [3.05, 3.63) is 66.5 Å². The first-order valence-electron chi connectivity index (χ1n) is 7.47. The van der Waals surface area contributed by atoms with Crippen molar-refractivity contribution in [1.82, 2.24) is 4.98 Å². The predicted molar refractivity (Wildman–Crippen MR) is 93.0 cm³/mol. The van der Waals surface area contributed by atoms with Crippen LogP contribution >= 0.6 is 0 Å². The normalized spacial score (nSPS) is 10.4. The number of aromatic nitrogens is 1. The van der Waals surface area contributed by atoms with Crippen LogP contribution in [0.25, 0.3) is 22.3 Å². The van der Waals surface area contributed by atoms with Crippen molar-refractivity contribution in [1.29, 1.82) is 0 Å². The minimum atomic E-state index is 0.792. The molecule has 116 valence electrons. The maximum absolute atomic E-state index is 5.76.